The Kier molecular flexibility index (Phi) is 9.69. The third-order valence-corrected chi connectivity index (χ3v) is 8.64. The summed E-state index contributed by atoms with van der Waals surface area (Å²) < 4.78 is 0. The van der Waals surface area contributed by atoms with Gasteiger partial charge in [-0.25, -0.2) is 0 Å². The maximum atomic E-state index is 2.61. The van der Waals surface area contributed by atoms with Gasteiger partial charge in [0.05, 0.1) is 0 Å². The minimum absolute atomic E-state index is 0.888. The van der Waals surface area contributed by atoms with Gasteiger partial charge in [-0.15, -0.1) is 0 Å². The summed E-state index contributed by atoms with van der Waals surface area (Å²) in [6.07, 6.45) is 33.4. The molecule has 3 aliphatic rings. The minimum Gasteiger partial charge on any atom is -0.0885 e. The summed E-state index contributed by atoms with van der Waals surface area (Å²) in [5, 5.41) is 0. The molecule has 0 heterocycles. The zero-order chi connectivity index (χ0) is 19.6. The van der Waals surface area contributed by atoms with E-state index >= 15 is 0 Å². The summed E-state index contributed by atoms with van der Waals surface area (Å²) in [6, 6.07) is 0. The molecule has 0 radical (unpaired) electrons. The maximum absolute atomic E-state index is 2.61. The van der Waals surface area contributed by atoms with Gasteiger partial charge in [-0.05, 0) is 119 Å². The van der Waals surface area contributed by atoms with Crippen LogP contribution >= 0.6 is 0 Å². The Balaban J connectivity index is 1.26. The van der Waals surface area contributed by atoms with Crippen molar-refractivity contribution in [2.24, 2.45) is 35.5 Å². The van der Waals surface area contributed by atoms with E-state index in [2.05, 4.69) is 38.2 Å². The first-order valence-electron chi connectivity index (χ1n) is 13.1. The molecule has 0 aromatic carbocycles. The van der Waals surface area contributed by atoms with Crippen LogP contribution in [0.2, 0.25) is 0 Å². The van der Waals surface area contributed by atoms with Gasteiger partial charge in [-0.1, -0.05) is 57.4 Å². The van der Waals surface area contributed by atoms with E-state index in [0.717, 1.165) is 35.5 Å². The second-order valence-electron chi connectivity index (χ2n) is 10.5. The molecule has 0 spiro atoms. The molecule has 0 nitrogen and oxygen atoms in total. The molecule has 0 N–H and O–H groups in total. The van der Waals surface area contributed by atoms with Crippen LogP contribution in [0.15, 0.2) is 24.3 Å². The van der Waals surface area contributed by atoms with E-state index < -0.39 is 0 Å². The van der Waals surface area contributed by atoms with E-state index in [1.807, 2.05) is 0 Å². The summed E-state index contributed by atoms with van der Waals surface area (Å²) >= 11 is 0. The third-order valence-electron chi connectivity index (χ3n) is 8.64. The predicted octanol–water partition coefficient (Wildman–Crippen LogP) is 9.12. The highest BCUT2D eigenvalue weighted by Gasteiger charge is 2.29. The topological polar surface area (TPSA) is 0 Å². The first kappa shape index (κ1) is 22.2. The zero-order valence-electron chi connectivity index (χ0n) is 19.1. The summed E-state index contributed by atoms with van der Waals surface area (Å²) in [4.78, 5) is 0. The van der Waals surface area contributed by atoms with Crippen LogP contribution in [-0.2, 0) is 0 Å². The van der Waals surface area contributed by atoms with Gasteiger partial charge >= 0.3 is 0 Å². The van der Waals surface area contributed by atoms with E-state index in [1.165, 1.54) is 89.9 Å². The number of hydrogen-bond acceptors (Lipinski definition) is 0. The Hall–Kier alpha value is -0.520. The molecule has 0 aromatic heterocycles. The summed E-state index contributed by atoms with van der Waals surface area (Å²) in [6.45, 7) is 4.64. The van der Waals surface area contributed by atoms with Gasteiger partial charge in [-0.2, -0.15) is 0 Å². The fraction of sp³-hybridized carbons (Fsp3) is 0.857. The van der Waals surface area contributed by atoms with Gasteiger partial charge in [0.2, 0.25) is 0 Å². The summed E-state index contributed by atoms with van der Waals surface area (Å²) in [5.41, 5.74) is 0. The lowest BCUT2D eigenvalue weighted by Crippen LogP contribution is -2.25. The van der Waals surface area contributed by atoms with Crippen molar-refractivity contribution in [1.82, 2.24) is 0 Å². The molecule has 0 amide bonds. The normalized spacial score (nSPS) is 37.6. The SMILES string of the molecule is CC/C=C/C1CCC(CC/C=C/C2CCC(C3CCC(CC)CC3)CC2)CC1. The molecule has 0 aliphatic heterocycles. The number of rotatable bonds is 8. The molecule has 0 bridgehead atoms. The van der Waals surface area contributed by atoms with Crippen molar-refractivity contribution in [3.05, 3.63) is 24.3 Å². The first-order chi connectivity index (χ1) is 13.8. The highest BCUT2D eigenvalue weighted by molar-refractivity contribution is 4.94. The van der Waals surface area contributed by atoms with Crippen LogP contribution in [-0.4, -0.2) is 0 Å². The molecule has 0 saturated heterocycles. The monoisotopic (exact) mass is 384 g/mol. The average molecular weight is 385 g/mol. The molecule has 3 aliphatic carbocycles. The van der Waals surface area contributed by atoms with E-state index in [1.54, 1.807) is 12.8 Å². The molecule has 3 rings (SSSR count). The maximum Gasteiger partial charge on any atom is -0.0233 e. The molecule has 160 valence electrons. The lowest BCUT2D eigenvalue weighted by Gasteiger charge is -2.37. The highest BCUT2D eigenvalue weighted by Crippen LogP contribution is 2.42. The van der Waals surface area contributed by atoms with Crippen molar-refractivity contribution < 1.29 is 0 Å². The van der Waals surface area contributed by atoms with Crippen LogP contribution < -0.4 is 0 Å². The van der Waals surface area contributed by atoms with Crippen LogP contribution in [0.5, 0.6) is 0 Å². The third kappa shape index (κ3) is 7.07. The second kappa shape index (κ2) is 12.2. The lowest BCUT2D eigenvalue weighted by atomic mass is 9.69. The number of hydrogen-bond donors (Lipinski definition) is 0. The van der Waals surface area contributed by atoms with Gasteiger partial charge in [0.25, 0.3) is 0 Å². The lowest BCUT2D eigenvalue weighted by molar-refractivity contribution is 0.154. The van der Waals surface area contributed by atoms with Gasteiger partial charge in [0.1, 0.15) is 0 Å². The Morgan fingerprint density at radius 3 is 1.64 bits per heavy atom. The fourth-order valence-corrected chi connectivity index (χ4v) is 6.50. The van der Waals surface area contributed by atoms with Crippen LogP contribution in [0.25, 0.3) is 0 Å². The smallest absolute Gasteiger partial charge is 0.0233 e. The fourth-order valence-electron chi connectivity index (χ4n) is 6.50. The predicted molar refractivity (Wildman–Crippen MR) is 124 cm³/mol. The molecular weight excluding hydrogens is 336 g/mol. The summed E-state index contributed by atoms with van der Waals surface area (Å²) in [5.74, 6) is 6.00. The molecule has 3 fully saturated rings. The van der Waals surface area contributed by atoms with Gasteiger partial charge in [0.15, 0.2) is 0 Å². The molecular formula is C28H48. The van der Waals surface area contributed by atoms with Crippen molar-refractivity contribution >= 4 is 0 Å². The van der Waals surface area contributed by atoms with E-state index in [9.17, 15) is 0 Å². The standard InChI is InChI=1S/C28H48/c1-3-5-8-24-11-13-25(14-12-24)9-6-7-10-26-17-21-28(22-18-26)27-19-15-23(4-2)16-20-27/h5,7-8,10,23-28H,3-4,6,9,11-22H2,1-2H3/b8-5+,10-7+. The highest BCUT2D eigenvalue weighted by atomic mass is 14.3. The van der Waals surface area contributed by atoms with Gasteiger partial charge in [-0.3, -0.25) is 0 Å². The molecule has 0 aromatic rings. The van der Waals surface area contributed by atoms with Crippen molar-refractivity contribution in [1.29, 1.82) is 0 Å². The Morgan fingerprint density at radius 2 is 1.07 bits per heavy atom. The van der Waals surface area contributed by atoms with E-state index in [4.69, 9.17) is 0 Å². The minimum atomic E-state index is 0.888. The quantitative estimate of drug-likeness (QED) is 0.366. The van der Waals surface area contributed by atoms with Crippen LogP contribution in [0.3, 0.4) is 0 Å². The van der Waals surface area contributed by atoms with Crippen molar-refractivity contribution in [2.75, 3.05) is 0 Å². The molecule has 0 unspecified atom stereocenters. The van der Waals surface area contributed by atoms with E-state index in [0.29, 0.717) is 0 Å². The van der Waals surface area contributed by atoms with Crippen LogP contribution in [0, 0.1) is 35.5 Å². The van der Waals surface area contributed by atoms with Crippen molar-refractivity contribution in [3.8, 4) is 0 Å². The molecule has 0 heteroatoms. The van der Waals surface area contributed by atoms with E-state index in [-0.39, 0.29) is 0 Å². The zero-order valence-corrected chi connectivity index (χ0v) is 19.1. The van der Waals surface area contributed by atoms with Gasteiger partial charge in [0, 0.05) is 0 Å². The van der Waals surface area contributed by atoms with Crippen LogP contribution in [0.1, 0.15) is 117 Å². The Morgan fingerprint density at radius 1 is 0.571 bits per heavy atom. The molecule has 28 heavy (non-hydrogen) atoms. The summed E-state index contributed by atoms with van der Waals surface area (Å²) in [7, 11) is 0. The Labute approximate surface area is 176 Å². The second-order valence-corrected chi connectivity index (χ2v) is 10.5. The largest absolute Gasteiger partial charge is 0.0885 e. The average Bonchev–Trinajstić information content (AvgIpc) is 2.76. The van der Waals surface area contributed by atoms with Crippen molar-refractivity contribution in [2.45, 2.75) is 117 Å². The molecule has 3 saturated carbocycles. The van der Waals surface area contributed by atoms with Crippen molar-refractivity contribution in [3.63, 3.8) is 0 Å². The molecule has 0 atom stereocenters. The van der Waals surface area contributed by atoms with Gasteiger partial charge < -0.3 is 0 Å². The Bertz CT molecular complexity index is 448. The van der Waals surface area contributed by atoms with Crippen LogP contribution in [0.4, 0.5) is 0 Å². The first-order valence-corrected chi connectivity index (χ1v) is 13.1. The number of allylic oxidation sites excluding steroid dienone is 4.